The molecular formula is C17H26ClN. The average molecular weight is 280 g/mol. The SMILES string of the molecule is CCCNCC1CCCCC1c1ccc(C)c(Cl)c1. The lowest BCUT2D eigenvalue weighted by molar-refractivity contribution is 0.296. The van der Waals surface area contributed by atoms with Gasteiger partial charge in [0.05, 0.1) is 0 Å². The molecule has 106 valence electrons. The summed E-state index contributed by atoms with van der Waals surface area (Å²) in [6.07, 6.45) is 6.63. The largest absolute Gasteiger partial charge is 0.316 e. The van der Waals surface area contributed by atoms with Gasteiger partial charge < -0.3 is 5.32 Å². The molecule has 1 nitrogen and oxygen atoms in total. The Bertz CT molecular complexity index is 402. The molecule has 2 atom stereocenters. The van der Waals surface area contributed by atoms with Gasteiger partial charge in [-0.2, -0.15) is 0 Å². The molecule has 1 aliphatic rings. The molecule has 2 unspecified atom stereocenters. The van der Waals surface area contributed by atoms with Gasteiger partial charge in [-0.15, -0.1) is 0 Å². The first-order chi connectivity index (χ1) is 9.22. The molecule has 0 saturated heterocycles. The zero-order valence-corrected chi connectivity index (χ0v) is 13.0. The smallest absolute Gasteiger partial charge is 0.0438 e. The third-order valence-corrected chi connectivity index (χ3v) is 4.77. The number of benzene rings is 1. The summed E-state index contributed by atoms with van der Waals surface area (Å²) in [5.41, 5.74) is 2.63. The lowest BCUT2D eigenvalue weighted by atomic mass is 9.75. The zero-order valence-electron chi connectivity index (χ0n) is 12.2. The van der Waals surface area contributed by atoms with Crippen molar-refractivity contribution < 1.29 is 0 Å². The summed E-state index contributed by atoms with van der Waals surface area (Å²) in [7, 11) is 0. The first-order valence-corrected chi connectivity index (χ1v) is 8.07. The van der Waals surface area contributed by atoms with Gasteiger partial charge >= 0.3 is 0 Å². The fraction of sp³-hybridized carbons (Fsp3) is 0.647. The number of rotatable bonds is 5. The van der Waals surface area contributed by atoms with E-state index in [0.29, 0.717) is 5.92 Å². The molecule has 1 saturated carbocycles. The number of nitrogens with one attached hydrogen (secondary N) is 1. The predicted octanol–water partition coefficient (Wildman–Crippen LogP) is 4.92. The molecule has 2 rings (SSSR count). The topological polar surface area (TPSA) is 12.0 Å². The van der Waals surface area contributed by atoms with Crippen LogP contribution in [0.3, 0.4) is 0 Å². The van der Waals surface area contributed by atoms with Crippen LogP contribution in [-0.4, -0.2) is 13.1 Å². The second kappa shape index (κ2) is 7.31. The van der Waals surface area contributed by atoms with E-state index in [-0.39, 0.29) is 0 Å². The van der Waals surface area contributed by atoms with Gasteiger partial charge in [0.15, 0.2) is 0 Å². The number of halogens is 1. The standard InChI is InChI=1S/C17H26ClN/c1-3-10-19-12-15-6-4-5-7-16(15)14-9-8-13(2)17(18)11-14/h8-9,11,15-16,19H,3-7,10,12H2,1-2H3. The van der Waals surface area contributed by atoms with Crippen LogP contribution in [0.1, 0.15) is 56.1 Å². The van der Waals surface area contributed by atoms with Crippen molar-refractivity contribution in [1.29, 1.82) is 0 Å². The fourth-order valence-electron chi connectivity index (χ4n) is 3.19. The average Bonchev–Trinajstić information content (AvgIpc) is 2.43. The minimum absolute atomic E-state index is 0.691. The lowest BCUT2D eigenvalue weighted by Gasteiger charge is -2.32. The molecule has 1 aromatic carbocycles. The van der Waals surface area contributed by atoms with Crippen molar-refractivity contribution in [2.75, 3.05) is 13.1 Å². The van der Waals surface area contributed by atoms with E-state index < -0.39 is 0 Å². The third-order valence-electron chi connectivity index (χ3n) is 4.37. The van der Waals surface area contributed by atoms with E-state index in [0.717, 1.165) is 24.0 Å². The Hall–Kier alpha value is -0.530. The highest BCUT2D eigenvalue weighted by atomic mass is 35.5. The first kappa shape index (κ1) is 14.9. The first-order valence-electron chi connectivity index (χ1n) is 7.69. The molecule has 1 fully saturated rings. The Morgan fingerprint density at radius 1 is 1.26 bits per heavy atom. The van der Waals surface area contributed by atoms with Crippen molar-refractivity contribution >= 4 is 11.6 Å². The van der Waals surface area contributed by atoms with Crippen molar-refractivity contribution in [3.05, 3.63) is 34.3 Å². The molecule has 0 amide bonds. The summed E-state index contributed by atoms with van der Waals surface area (Å²) in [4.78, 5) is 0. The predicted molar refractivity (Wildman–Crippen MR) is 84.0 cm³/mol. The molecule has 0 aromatic heterocycles. The van der Waals surface area contributed by atoms with Gasteiger partial charge in [0.2, 0.25) is 0 Å². The van der Waals surface area contributed by atoms with E-state index in [4.69, 9.17) is 11.6 Å². The van der Waals surface area contributed by atoms with E-state index in [1.807, 2.05) is 0 Å². The van der Waals surface area contributed by atoms with Gasteiger partial charge in [0, 0.05) is 5.02 Å². The highest BCUT2D eigenvalue weighted by molar-refractivity contribution is 6.31. The third kappa shape index (κ3) is 3.97. The van der Waals surface area contributed by atoms with E-state index in [9.17, 15) is 0 Å². The number of hydrogen-bond donors (Lipinski definition) is 1. The van der Waals surface area contributed by atoms with Crippen molar-refractivity contribution in [3.63, 3.8) is 0 Å². The van der Waals surface area contributed by atoms with Crippen molar-refractivity contribution in [3.8, 4) is 0 Å². The van der Waals surface area contributed by atoms with Crippen molar-refractivity contribution in [2.24, 2.45) is 5.92 Å². The summed E-state index contributed by atoms with van der Waals surface area (Å²) < 4.78 is 0. The van der Waals surface area contributed by atoms with Gasteiger partial charge in [-0.1, -0.05) is 43.5 Å². The second-order valence-corrected chi connectivity index (χ2v) is 6.27. The van der Waals surface area contributed by atoms with E-state index in [2.05, 4.69) is 37.4 Å². The summed E-state index contributed by atoms with van der Waals surface area (Å²) in [5.74, 6) is 1.47. The Labute approximate surface area is 122 Å². The summed E-state index contributed by atoms with van der Waals surface area (Å²) in [6, 6.07) is 6.65. The molecule has 1 aromatic rings. The lowest BCUT2D eigenvalue weighted by Crippen LogP contribution is -2.30. The van der Waals surface area contributed by atoms with E-state index in [1.165, 1.54) is 43.2 Å². The Kier molecular flexibility index (Phi) is 5.72. The maximum Gasteiger partial charge on any atom is 0.0438 e. The van der Waals surface area contributed by atoms with Crippen LogP contribution in [0.2, 0.25) is 5.02 Å². The normalized spacial score (nSPS) is 23.5. The van der Waals surface area contributed by atoms with Crippen LogP contribution in [0.4, 0.5) is 0 Å². The molecule has 0 radical (unpaired) electrons. The Morgan fingerprint density at radius 3 is 2.79 bits per heavy atom. The second-order valence-electron chi connectivity index (χ2n) is 5.86. The van der Waals surface area contributed by atoms with Gasteiger partial charge in [0.25, 0.3) is 0 Å². The monoisotopic (exact) mass is 279 g/mol. The van der Waals surface area contributed by atoms with Crippen LogP contribution >= 0.6 is 11.6 Å². The summed E-state index contributed by atoms with van der Waals surface area (Å²) >= 11 is 6.29. The molecule has 0 heterocycles. The van der Waals surface area contributed by atoms with Crippen molar-refractivity contribution in [2.45, 2.75) is 51.9 Å². The molecule has 1 N–H and O–H groups in total. The Balaban J connectivity index is 2.07. The zero-order chi connectivity index (χ0) is 13.7. The molecular weight excluding hydrogens is 254 g/mol. The van der Waals surface area contributed by atoms with Crippen LogP contribution in [0.5, 0.6) is 0 Å². The van der Waals surface area contributed by atoms with Crippen LogP contribution in [-0.2, 0) is 0 Å². The minimum atomic E-state index is 0.691. The molecule has 2 heteroatoms. The quantitative estimate of drug-likeness (QED) is 0.754. The molecule has 0 aliphatic heterocycles. The highest BCUT2D eigenvalue weighted by Gasteiger charge is 2.26. The van der Waals surface area contributed by atoms with E-state index >= 15 is 0 Å². The Morgan fingerprint density at radius 2 is 2.05 bits per heavy atom. The van der Waals surface area contributed by atoms with Gasteiger partial charge in [-0.3, -0.25) is 0 Å². The summed E-state index contributed by atoms with van der Waals surface area (Å²) in [6.45, 7) is 6.60. The maximum absolute atomic E-state index is 6.29. The molecule has 0 spiro atoms. The van der Waals surface area contributed by atoms with Gasteiger partial charge in [-0.05, 0) is 68.3 Å². The minimum Gasteiger partial charge on any atom is -0.316 e. The van der Waals surface area contributed by atoms with Crippen LogP contribution < -0.4 is 5.32 Å². The number of aryl methyl sites for hydroxylation is 1. The van der Waals surface area contributed by atoms with E-state index in [1.54, 1.807) is 0 Å². The van der Waals surface area contributed by atoms with Crippen LogP contribution in [0.15, 0.2) is 18.2 Å². The van der Waals surface area contributed by atoms with Crippen LogP contribution in [0, 0.1) is 12.8 Å². The highest BCUT2D eigenvalue weighted by Crippen LogP contribution is 2.38. The summed E-state index contributed by atoms with van der Waals surface area (Å²) in [5, 5.41) is 4.52. The van der Waals surface area contributed by atoms with Crippen LogP contribution in [0.25, 0.3) is 0 Å². The number of hydrogen-bond acceptors (Lipinski definition) is 1. The molecule has 19 heavy (non-hydrogen) atoms. The van der Waals surface area contributed by atoms with Crippen molar-refractivity contribution in [1.82, 2.24) is 5.32 Å². The van der Waals surface area contributed by atoms with Gasteiger partial charge in [0.1, 0.15) is 0 Å². The molecule has 0 bridgehead atoms. The fourth-order valence-corrected chi connectivity index (χ4v) is 3.38. The maximum atomic E-state index is 6.29. The molecule has 1 aliphatic carbocycles. The van der Waals surface area contributed by atoms with Gasteiger partial charge in [-0.25, -0.2) is 0 Å².